The standard InChI is InChI=1S/C16H20N4O3S/c17-24(22,23)15-12-13(16-19-9-5-10-20-16)6-7-14(15)18-8-3-1-2-4-11-21/h5-7,9-12,18H,1-4,8H2,(H2,17,22,23). The molecule has 0 aliphatic rings. The van der Waals surface area contributed by atoms with Gasteiger partial charge in [-0.1, -0.05) is 6.42 Å². The molecule has 0 bridgehead atoms. The summed E-state index contributed by atoms with van der Waals surface area (Å²) >= 11 is 0. The molecule has 0 aliphatic carbocycles. The number of nitrogens with one attached hydrogen (secondary N) is 1. The first-order valence-electron chi connectivity index (χ1n) is 7.64. The Kier molecular flexibility index (Phi) is 6.39. The third-order valence-corrected chi connectivity index (χ3v) is 4.38. The number of nitrogens with two attached hydrogens (primary N) is 1. The zero-order valence-electron chi connectivity index (χ0n) is 13.2. The van der Waals surface area contributed by atoms with Crippen molar-refractivity contribution in [1.82, 2.24) is 9.97 Å². The van der Waals surface area contributed by atoms with Gasteiger partial charge in [0.15, 0.2) is 5.82 Å². The van der Waals surface area contributed by atoms with Crippen LogP contribution in [0.4, 0.5) is 5.69 Å². The number of sulfonamides is 1. The smallest absolute Gasteiger partial charge is 0.240 e. The molecule has 2 rings (SSSR count). The lowest BCUT2D eigenvalue weighted by Gasteiger charge is -2.12. The van der Waals surface area contributed by atoms with Crippen LogP contribution in [-0.4, -0.2) is 31.2 Å². The molecule has 0 aliphatic heterocycles. The summed E-state index contributed by atoms with van der Waals surface area (Å²) in [6, 6.07) is 6.57. The Balaban J connectivity index is 2.15. The second kappa shape index (κ2) is 8.51. The summed E-state index contributed by atoms with van der Waals surface area (Å²) < 4.78 is 23.7. The molecule has 0 amide bonds. The third kappa shape index (κ3) is 5.10. The van der Waals surface area contributed by atoms with E-state index < -0.39 is 10.0 Å². The fourth-order valence-electron chi connectivity index (χ4n) is 2.24. The molecule has 1 heterocycles. The predicted octanol–water partition coefficient (Wildman–Crippen LogP) is 1.96. The van der Waals surface area contributed by atoms with Crippen LogP contribution in [-0.2, 0) is 14.8 Å². The van der Waals surface area contributed by atoms with Crippen LogP contribution in [0.15, 0.2) is 41.6 Å². The number of hydrogen-bond acceptors (Lipinski definition) is 6. The zero-order chi connectivity index (χ0) is 17.4. The minimum absolute atomic E-state index is 0.0142. The Bertz CT molecular complexity index is 779. The largest absolute Gasteiger partial charge is 0.384 e. The lowest BCUT2D eigenvalue weighted by molar-refractivity contribution is -0.107. The Hall–Kier alpha value is -2.32. The molecule has 2 aromatic rings. The van der Waals surface area contributed by atoms with Crippen molar-refractivity contribution in [2.24, 2.45) is 5.14 Å². The lowest BCUT2D eigenvalue weighted by atomic mass is 10.1. The average molecular weight is 348 g/mol. The number of nitrogens with zero attached hydrogens (tertiary/aromatic N) is 2. The van der Waals surface area contributed by atoms with Crippen LogP contribution in [0.2, 0.25) is 0 Å². The SMILES string of the molecule is NS(=O)(=O)c1cc(-c2ncccn2)ccc1NCCCCCC=O. The molecule has 0 unspecified atom stereocenters. The topological polar surface area (TPSA) is 115 Å². The van der Waals surface area contributed by atoms with Gasteiger partial charge < -0.3 is 10.1 Å². The zero-order valence-corrected chi connectivity index (χ0v) is 14.0. The number of benzene rings is 1. The molecule has 1 aromatic carbocycles. The van der Waals surface area contributed by atoms with Crippen LogP contribution >= 0.6 is 0 Å². The number of primary sulfonamides is 1. The number of rotatable bonds is 9. The third-order valence-electron chi connectivity index (χ3n) is 3.43. The molecule has 0 radical (unpaired) electrons. The van der Waals surface area contributed by atoms with Crippen molar-refractivity contribution in [3.63, 3.8) is 0 Å². The monoisotopic (exact) mass is 348 g/mol. The predicted molar refractivity (Wildman–Crippen MR) is 91.9 cm³/mol. The number of anilines is 1. The summed E-state index contributed by atoms with van der Waals surface area (Å²) in [5, 5.41) is 8.41. The first kappa shape index (κ1) is 18.0. The lowest BCUT2D eigenvalue weighted by Crippen LogP contribution is -2.15. The summed E-state index contributed by atoms with van der Waals surface area (Å²) in [4.78, 5) is 18.5. The van der Waals surface area contributed by atoms with Crippen LogP contribution < -0.4 is 10.5 Å². The fourth-order valence-corrected chi connectivity index (χ4v) is 2.98. The molecule has 7 nitrogen and oxygen atoms in total. The number of unbranched alkanes of at least 4 members (excludes halogenated alkanes) is 3. The summed E-state index contributed by atoms with van der Waals surface area (Å²) in [6.07, 6.45) is 7.19. The van der Waals surface area contributed by atoms with Gasteiger partial charge in [-0.25, -0.2) is 23.5 Å². The first-order valence-corrected chi connectivity index (χ1v) is 9.19. The Morgan fingerprint density at radius 3 is 2.54 bits per heavy atom. The van der Waals surface area contributed by atoms with E-state index in [1.807, 2.05) is 0 Å². The molecule has 8 heteroatoms. The van der Waals surface area contributed by atoms with Gasteiger partial charge in [-0.15, -0.1) is 0 Å². The molecule has 24 heavy (non-hydrogen) atoms. The van der Waals surface area contributed by atoms with E-state index >= 15 is 0 Å². The minimum atomic E-state index is -3.88. The van der Waals surface area contributed by atoms with Crippen molar-refractivity contribution in [3.05, 3.63) is 36.7 Å². The highest BCUT2D eigenvalue weighted by molar-refractivity contribution is 7.89. The van der Waals surface area contributed by atoms with Gasteiger partial charge in [0, 0.05) is 30.9 Å². The highest BCUT2D eigenvalue weighted by Crippen LogP contribution is 2.26. The highest BCUT2D eigenvalue weighted by Gasteiger charge is 2.16. The van der Waals surface area contributed by atoms with Gasteiger partial charge >= 0.3 is 0 Å². The number of carbonyl (C=O) groups is 1. The number of hydrogen-bond donors (Lipinski definition) is 2. The normalized spacial score (nSPS) is 11.2. The quantitative estimate of drug-likeness (QED) is 0.529. The Labute approximate surface area is 141 Å². The van der Waals surface area contributed by atoms with Crippen LogP contribution in [0.1, 0.15) is 25.7 Å². The maximum atomic E-state index is 11.9. The molecule has 0 spiro atoms. The van der Waals surface area contributed by atoms with Crippen molar-refractivity contribution in [1.29, 1.82) is 0 Å². The number of aldehydes is 1. The summed E-state index contributed by atoms with van der Waals surface area (Å²) in [5.74, 6) is 0.433. The van der Waals surface area contributed by atoms with Crippen molar-refractivity contribution >= 4 is 22.0 Å². The van der Waals surface area contributed by atoms with E-state index in [1.165, 1.54) is 6.07 Å². The van der Waals surface area contributed by atoms with Crippen LogP contribution in [0.3, 0.4) is 0 Å². The van der Waals surface area contributed by atoms with Gasteiger partial charge in [0.2, 0.25) is 10.0 Å². The van der Waals surface area contributed by atoms with Crippen LogP contribution in [0.5, 0.6) is 0 Å². The van der Waals surface area contributed by atoms with Gasteiger partial charge in [0.05, 0.1) is 5.69 Å². The van der Waals surface area contributed by atoms with Crippen molar-refractivity contribution < 1.29 is 13.2 Å². The van der Waals surface area contributed by atoms with E-state index in [0.717, 1.165) is 25.5 Å². The van der Waals surface area contributed by atoms with Crippen LogP contribution in [0.25, 0.3) is 11.4 Å². The van der Waals surface area contributed by atoms with E-state index in [0.29, 0.717) is 30.0 Å². The molecule has 1 aromatic heterocycles. The second-order valence-corrected chi connectivity index (χ2v) is 6.80. The van der Waals surface area contributed by atoms with Crippen molar-refractivity contribution in [2.75, 3.05) is 11.9 Å². The van der Waals surface area contributed by atoms with Crippen LogP contribution in [0, 0.1) is 0 Å². The Morgan fingerprint density at radius 2 is 1.88 bits per heavy atom. The fraction of sp³-hybridized carbons (Fsp3) is 0.312. The molecule has 3 N–H and O–H groups in total. The van der Waals surface area contributed by atoms with Gasteiger partial charge in [-0.3, -0.25) is 0 Å². The highest BCUT2D eigenvalue weighted by atomic mass is 32.2. The maximum absolute atomic E-state index is 11.9. The van der Waals surface area contributed by atoms with E-state index in [-0.39, 0.29) is 4.90 Å². The minimum Gasteiger partial charge on any atom is -0.384 e. The van der Waals surface area contributed by atoms with Gasteiger partial charge in [0.25, 0.3) is 0 Å². The van der Waals surface area contributed by atoms with Gasteiger partial charge in [-0.2, -0.15) is 0 Å². The molecular weight excluding hydrogens is 328 g/mol. The van der Waals surface area contributed by atoms with Gasteiger partial charge in [-0.05, 0) is 37.1 Å². The van der Waals surface area contributed by atoms with Gasteiger partial charge in [0.1, 0.15) is 11.2 Å². The molecule has 128 valence electrons. The average Bonchev–Trinajstić information content (AvgIpc) is 2.58. The molecule has 0 saturated heterocycles. The molecule has 0 saturated carbocycles. The number of aromatic nitrogens is 2. The van der Waals surface area contributed by atoms with Crippen molar-refractivity contribution in [3.8, 4) is 11.4 Å². The summed E-state index contributed by atoms with van der Waals surface area (Å²) in [6.45, 7) is 0.600. The summed E-state index contributed by atoms with van der Waals surface area (Å²) in [5.41, 5.74) is 1.03. The molecule has 0 atom stereocenters. The molecule has 0 fully saturated rings. The Morgan fingerprint density at radius 1 is 1.12 bits per heavy atom. The van der Waals surface area contributed by atoms with E-state index in [1.54, 1.807) is 30.6 Å². The first-order chi connectivity index (χ1) is 11.5. The molecular formula is C16H20N4O3S. The number of carbonyl (C=O) groups excluding carboxylic acids is 1. The summed E-state index contributed by atoms with van der Waals surface area (Å²) in [7, 11) is -3.88. The van der Waals surface area contributed by atoms with E-state index in [9.17, 15) is 13.2 Å². The van der Waals surface area contributed by atoms with Crippen molar-refractivity contribution in [2.45, 2.75) is 30.6 Å². The second-order valence-electron chi connectivity index (χ2n) is 5.27. The van der Waals surface area contributed by atoms with E-state index in [2.05, 4.69) is 15.3 Å². The maximum Gasteiger partial charge on any atom is 0.240 e. The van der Waals surface area contributed by atoms with E-state index in [4.69, 9.17) is 5.14 Å².